The number of nitrogens with two attached hydrogens (primary N) is 1. The molecule has 3 N–H and O–H groups in total. The van der Waals surface area contributed by atoms with Crippen molar-refractivity contribution in [2.45, 2.75) is 12.5 Å². The first-order valence-corrected chi connectivity index (χ1v) is 6.89. The van der Waals surface area contributed by atoms with Crippen LogP contribution in [-0.2, 0) is 16.0 Å². The molecule has 5 heteroatoms. The average Bonchev–Trinajstić information content (AvgIpc) is 2.54. The smallest absolute Gasteiger partial charge is 0.328 e. The minimum atomic E-state index is -0.764. The van der Waals surface area contributed by atoms with Gasteiger partial charge in [-0.25, -0.2) is 4.79 Å². The molecule has 0 heterocycles. The molecule has 0 spiro atoms. The monoisotopic (exact) mass is 298 g/mol. The summed E-state index contributed by atoms with van der Waals surface area (Å²) < 4.78 is 4.77. The highest BCUT2D eigenvalue weighted by molar-refractivity contribution is 6.00. The second-order valence-corrected chi connectivity index (χ2v) is 4.83. The van der Waals surface area contributed by atoms with E-state index in [2.05, 4.69) is 5.32 Å². The third kappa shape index (κ3) is 3.85. The maximum Gasteiger partial charge on any atom is 0.328 e. The Morgan fingerprint density at radius 2 is 1.73 bits per heavy atom. The second-order valence-electron chi connectivity index (χ2n) is 4.83. The molecule has 2 aromatic rings. The van der Waals surface area contributed by atoms with Crippen LogP contribution in [0.3, 0.4) is 0 Å². The fraction of sp³-hybridized carbons (Fsp3) is 0.176. The van der Waals surface area contributed by atoms with Crippen molar-refractivity contribution < 1.29 is 14.3 Å². The molecule has 1 atom stereocenters. The van der Waals surface area contributed by atoms with Gasteiger partial charge >= 0.3 is 5.97 Å². The number of nitrogen functional groups attached to an aromatic ring is 1. The number of anilines is 1. The number of para-hydroxylation sites is 1. The van der Waals surface area contributed by atoms with E-state index in [4.69, 9.17) is 10.5 Å². The van der Waals surface area contributed by atoms with Crippen LogP contribution in [0.15, 0.2) is 54.6 Å². The Labute approximate surface area is 129 Å². The van der Waals surface area contributed by atoms with Crippen LogP contribution in [0.5, 0.6) is 0 Å². The summed E-state index contributed by atoms with van der Waals surface area (Å²) in [6.45, 7) is 0. The quantitative estimate of drug-likeness (QED) is 0.651. The van der Waals surface area contributed by atoms with Gasteiger partial charge in [0.2, 0.25) is 0 Å². The van der Waals surface area contributed by atoms with Gasteiger partial charge in [-0.1, -0.05) is 42.5 Å². The molecule has 0 aliphatic heterocycles. The van der Waals surface area contributed by atoms with Crippen molar-refractivity contribution >= 4 is 17.6 Å². The molecule has 1 unspecified atom stereocenters. The Morgan fingerprint density at radius 3 is 2.36 bits per heavy atom. The highest BCUT2D eigenvalue weighted by Crippen LogP contribution is 2.11. The fourth-order valence-electron chi connectivity index (χ4n) is 2.13. The number of hydrogen-bond donors (Lipinski definition) is 2. The normalized spacial score (nSPS) is 11.5. The molecule has 0 aliphatic carbocycles. The van der Waals surface area contributed by atoms with Gasteiger partial charge < -0.3 is 15.8 Å². The molecule has 2 aromatic carbocycles. The first-order chi connectivity index (χ1) is 10.6. The Kier molecular flexibility index (Phi) is 5.14. The lowest BCUT2D eigenvalue weighted by Crippen LogP contribution is -2.43. The van der Waals surface area contributed by atoms with Crippen molar-refractivity contribution in [3.63, 3.8) is 0 Å². The topological polar surface area (TPSA) is 81.4 Å². The SMILES string of the molecule is COC(=O)C(Cc1ccccc1)NC(=O)c1ccccc1N. The number of nitrogens with one attached hydrogen (secondary N) is 1. The Hall–Kier alpha value is -2.82. The van der Waals surface area contributed by atoms with E-state index < -0.39 is 17.9 Å². The van der Waals surface area contributed by atoms with E-state index in [1.165, 1.54) is 7.11 Å². The van der Waals surface area contributed by atoms with Crippen molar-refractivity contribution in [2.24, 2.45) is 0 Å². The van der Waals surface area contributed by atoms with Gasteiger partial charge in [0.25, 0.3) is 5.91 Å². The van der Waals surface area contributed by atoms with Crippen LogP contribution in [-0.4, -0.2) is 25.0 Å². The van der Waals surface area contributed by atoms with Crippen LogP contribution in [0.1, 0.15) is 15.9 Å². The molecule has 114 valence electrons. The number of amides is 1. The van der Waals surface area contributed by atoms with Gasteiger partial charge in [-0.2, -0.15) is 0 Å². The molecule has 0 aliphatic rings. The summed E-state index contributed by atoms with van der Waals surface area (Å²) in [7, 11) is 1.30. The zero-order valence-electron chi connectivity index (χ0n) is 12.3. The number of hydrogen-bond acceptors (Lipinski definition) is 4. The summed E-state index contributed by atoms with van der Waals surface area (Å²) in [5.74, 6) is -0.892. The highest BCUT2D eigenvalue weighted by Gasteiger charge is 2.23. The van der Waals surface area contributed by atoms with Gasteiger partial charge in [0, 0.05) is 12.1 Å². The third-order valence-corrected chi connectivity index (χ3v) is 3.28. The van der Waals surface area contributed by atoms with Crippen molar-refractivity contribution in [3.05, 3.63) is 65.7 Å². The minimum absolute atomic E-state index is 0.337. The molecule has 0 saturated heterocycles. The van der Waals surface area contributed by atoms with Gasteiger partial charge in [-0.3, -0.25) is 4.79 Å². The molecule has 0 radical (unpaired) electrons. The molecule has 1 amide bonds. The lowest BCUT2D eigenvalue weighted by atomic mass is 10.1. The molecule has 5 nitrogen and oxygen atoms in total. The van der Waals surface area contributed by atoms with Crippen LogP contribution in [0.4, 0.5) is 5.69 Å². The number of methoxy groups -OCH3 is 1. The van der Waals surface area contributed by atoms with Crippen molar-refractivity contribution in [2.75, 3.05) is 12.8 Å². The Bertz CT molecular complexity index is 656. The number of benzene rings is 2. The molecular weight excluding hydrogens is 280 g/mol. The summed E-state index contributed by atoms with van der Waals surface area (Å²) in [4.78, 5) is 24.2. The van der Waals surface area contributed by atoms with Crippen LogP contribution < -0.4 is 11.1 Å². The largest absolute Gasteiger partial charge is 0.467 e. The van der Waals surface area contributed by atoms with Crippen molar-refractivity contribution in [1.82, 2.24) is 5.32 Å². The first-order valence-electron chi connectivity index (χ1n) is 6.89. The van der Waals surface area contributed by atoms with Crippen LogP contribution in [0.2, 0.25) is 0 Å². The maximum absolute atomic E-state index is 12.3. The predicted octanol–water partition coefficient (Wildman–Crippen LogP) is 1.78. The lowest BCUT2D eigenvalue weighted by Gasteiger charge is -2.17. The minimum Gasteiger partial charge on any atom is -0.467 e. The van der Waals surface area contributed by atoms with Gasteiger partial charge in [0.05, 0.1) is 12.7 Å². The molecule has 0 fully saturated rings. The molecule has 0 bridgehead atoms. The second kappa shape index (κ2) is 7.26. The summed E-state index contributed by atoms with van der Waals surface area (Å²) in [5, 5.41) is 2.68. The van der Waals surface area contributed by atoms with E-state index in [0.717, 1.165) is 5.56 Å². The van der Waals surface area contributed by atoms with Gasteiger partial charge in [0.15, 0.2) is 0 Å². The maximum atomic E-state index is 12.3. The predicted molar refractivity (Wildman–Crippen MR) is 84.3 cm³/mol. The molecular formula is C17H18N2O3. The Morgan fingerprint density at radius 1 is 1.09 bits per heavy atom. The van der Waals surface area contributed by atoms with Gasteiger partial charge in [-0.15, -0.1) is 0 Å². The van der Waals surface area contributed by atoms with Crippen LogP contribution >= 0.6 is 0 Å². The lowest BCUT2D eigenvalue weighted by molar-refractivity contribution is -0.142. The van der Waals surface area contributed by atoms with E-state index in [-0.39, 0.29) is 0 Å². The molecule has 22 heavy (non-hydrogen) atoms. The average molecular weight is 298 g/mol. The number of carbonyl (C=O) groups excluding carboxylic acids is 2. The van der Waals surface area contributed by atoms with E-state index >= 15 is 0 Å². The van der Waals surface area contributed by atoms with Crippen LogP contribution in [0.25, 0.3) is 0 Å². The van der Waals surface area contributed by atoms with Crippen molar-refractivity contribution in [1.29, 1.82) is 0 Å². The standard InChI is InChI=1S/C17H18N2O3/c1-22-17(21)15(11-12-7-3-2-4-8-12)19-16(20)13-9-5-6-10-14(13)18/h2-10,15H,11,18H2,1H3,(H,19,20). The molecule has 0 saturated carbocycles. The van der Waals surface area contributed by atoms with E-state index in [0.29, 0.717) is 17.7 Å². The zero-order valence-corrected chi connectivity index (χ0v) is 12.3. The highest BCUT2D eigenvalue weighted by atomic mass is 16.5. The van der Waals surface area contributed by atoms with E-state index in [9.17, 15) is 9.59 Å². The van der Waals surface area contributed by atoms with Gasteiger partial charge in [-0.05, 0) is 17.7 Å². The summed E-state index contributed by atoms with van der Waals surface area (Å²) in [5.41, 5.74) is 7.41. The molecule has 0 aromatic heterocycles. The summed E-state index contributed by atoms with van der Waals surface area (Å²) in [6, 6.07) is 15.4. The van der Waals surface area contributed by atoms with E-state index in [1.54, 1.807) is 24.3 Å². The van der Waals surface area contributed by atoms with Gasteiger partial charge in [0.1, 0.15) is 6.04 Å². The fourth-order valence-corrected chi connectivity index (χ4v) is 2.13. The van der Waals surface area contributed by atoms with E-state index in [1.807, 2.05) is 30.3 Å². The van der Waals surface area contributed by atoms with Crippen LogP contribution in [0, 0.1) is 0 Å². The number of carbonyl (C=O) groups is 2. The number of ether oxygens (including phenoxy) is 1. The van der Waals surface area contributed by atoms with Crippen molar-refractivity contribution in [3.8, 4) is 0 Å². The summed E-state index contributed by atoms with van der Waals surface area (Å²) >= 11 is 0. The summed E-state index contributed by atoms with van der Waals surface area (Å²) in [6.07, 6.45) is 0.353. The Balaban J connectivity index is 2.15. The first kappa shape index (κ1) is 15.6. The number of rotatable bonds is 5. The molecule has 2 rings (SSSR count). The number of esters is 1. The zero-order chi connectivity index (χ0) is 15.9. The third-order valence-electron chi connectivity index (χ3n) is 3.28.